The Balaban J connectivity index is 3.29. The lowest BCUT2D eigenvalue weighted by atomic mass is 9.93. The molecule has 1 amide bonds. The average molecular weight is 262 g/mol. The lowest BCUT2D eigenvalue weighted by Crippen LogP contribution is -2.45. The third kappa shape index (κ3) is 4.16. The molecule has 0 aromatic rings. The molecule has 1 atom stereocenters. The molecule has 4 nitrogen and oxygen atoms in total. The van der Waals surface area contributed by atoms with E-state index in [1.54, 1.807) is 20.8 Å². The summed E-state index contributed by atoms with van der Waals surface area (Å²) in [5, 5.41) is 0. The fourth-order valence-corrected chi connectivity index (χ4v) is 2.15. The molecule has 1 saturated heterocycles. The number of likely N-dealkylation sites (tertiary alicyclic amines) is 1. The van der Waals surface area contributed by atoms with E-state index in [4.69, 9.17) is 18.7 Å². The zero-order chi connectivity index (χ0) is 19.0. The molecule has 2 N–H and O–H groups in total. The van der Waals surface area contributed by atoms with Crippen LogP contribution in [-0.4, -0.2) is 35.2 Å². The maximum Gasteiger partial charge on any atom is 0.410 e. The lowest BCUT2D eigenvalue weighted by Gasteiger charge is -2.33. The van der Waals surface area contributed by atoms with Gasteiger partial charge in [0.1, 0.15) is 5.60 Å². The maximum atomic E-state index is 12.6. The SMILES string of the molecule is [2H]C([2H])([2H])C1(C([2H])([2H])[2H])C[C@H](CCCN)CN1C(=O)OC(C)(C)C. The van der Waals surface area contributed by atoms with Crippen molar-refractivity contribution in [3.05, 3.63) is 0 Å². The van der Waals surface area contributed by atoms with Crippen LogP contribution in [0.4, 0.5) is 4.79 Å². The van der Waals surface area contributed by atoms with E-state index >= 15 is 0 Å². The van der Waals surface area contributed by atoms with Gasteiger partial charge in [0.25, 0.3) is 0 Å². The summed E-state index contributed by atoms with van der Waals surface area (Å²) in [6.07, 6.45) is 0.207. The fraction of sp³-hybridized carbons (Fsp3) is 0.929. The maximum absolute atomic E-state index is 12.6. The molecule has 0 aliphatic carbocycles. The first kappa shape index (κ1) is 8.41. The van der Waals surface area contributed by atoms with Crippen molar-refractivity contribution in [2.75, 3.05) is 13.1 Å². The highest BCUT2D eigenvalue weighted by atomic mass is 16.6. The van der Waals surface area contributed by atoms with E-state index in [0.29, 0.717) is 19.4 Å². The minimum atomic E-state index is -2.85. The number of ether oxygens (including phenoxy) is 1. The monoisotopic (exact) mass is 262 g/mol. The van der Waals surface area contributed by atoms with Gasteiger partial charge in [-0.3, -0.25) is 0 Å². The fourth-order valence-electron chi connectivity index (χ4n) is 2.15. The summed E-state index contributed by atoms with van der Waals surface area (Å²) in [6.45, 7) is -0.278. The predicted octanol–water partition coefficient (Wildman–Crippen LogP) is 2.76. The Morgan fingerprint density at radius 3 is 2.72 bits per heavy atom. The van der Waals surface area contributed by atoms with E-state index in [1.807, 2.05) is 0 Å². The molecule has 1 fully saturated rings. The van der Waals surface area contributed by atoms with Gasteiger partial charge >= 0.3 is 6.09 Å². The van der Waals surface area contributed by atoms with Crippen LogP contribution in [0.5, 0.6) is 0 Å². The van der Waals surface area contributed by atoms with Gasteiger partial charge in [-0.15, -0.1) is 0 Å². The van der Waals surface area contributed by atoms with Gasteiger partial charge in [-0.1, -0.05) is 0 Å². The minimum Gasteiger partial charge on any atom is -0.444 e. The number of nitrogens with zero attached hydrogens (tertiary/aromatic N) is 1. The van der Waals surface area contributed by atoms with Crippen LogP contribution >= 0.6 is 0 Å². The first-order chi connectivity index (χ1) is 10.7. The van der Waals surface area contributed by atoms with Crippen LogP contribution in [0.3, 0.4) is 0 Å². The molecule has 1 aliphatic heterocycles. The van der Waals surface area contributed by atoms with Gasteiger partial charge in [0.15, 0.2) is 0 Å². The minimum absolute atomic E-state index is 0.0473. The van der Waals surface area contributed by atoms with Crippen molar-refractivity contribution in [1.29, 1.82) is 0 Å². The Labute approximate surface area is 119 Å². The van der Waals surface area contributed by atoms with Crippen molar-refractivity contribution < 1.29 is 17.8 Å². The second-order valence-corrected chi connectivity index (χ2v) is 5.95. The molecule has 1 aliphatic rings. The molecule has 0 saturated carbocycles. The number of carbonyl (C=O) groups excluding carboxylic acids is 1. The Hall–Kier alpha value is -0.770. The number of hydrogen-bond donors (Lipinski definition) is 1. The summed E-state index contributed by atoms with van der Waals surface area (Å²) in [4.78, 5) is 13.5. The quantitative estimate of drug-likeness (QED) is 0.851. The van der Waals surface area contributed by atoms with Gasteiger partial charge in [0, 0.05) is 20.3 Å². The number of nitrogens with two attached hydrogens (primary N) is 1. The van der Waals surface area contributed by atoms with Gasteiger partial charge in [-0.2, -0.15) is 0 Å². The second kappa shape index (κ2) is 5.47. The highest BCUT2D eigenvalue weighted by molar-refractivity contribution is 5.69. The van der Waals surface area contributed by atoms with Gasteiger partial charge in [-0.25, -0.2) is 4.79 Å². The molecule has 0 unspecified atom stereocenters. The standard InChI is InChI=1S/C14H28N2O2/c1-13(2,3)18-12(17)16-10-11(7-6-8-15)9-14(16,4)5/h11H,6-10,15H2,1-5H3/t11-/m0/s1/i4D3,5D3. The summed E-state index contributed by atoms with van der Waals surface area (Å²) >= 11 is 0. The summed E-state index contributed by atoms with van der Waals surface area (Å²) < 4.78 is 52.4. The van der Waals surface area contributed by atoms with Gasteiger partial charge in [0.05, 0.1) is 0 Å². The van der Waals surface area contributed by atoms with Crippen molar-refractivity contribution in [2.45, 2.75) is 64.9 Å². The van der Waals surface area contributed by atoms with Crippen LogP contribution in [0.2, 0.25) is 0 Å². The summed E-state index contributed by atoms with van der Waals surface area (Å²) in [5.41, 5.74) is 2.42. The first-order valence-electron chi connectivity index (χ1n) is 9.36. The second-order valence-electron chi connectivity index (χ2n) is 5.95. The highest BCUT2D eigenvalue weighted by Crippen LogP contribution is 2.35. The largest absolute Gasteiger partial charge is 0.444 e. The molecule has 18 heavy (non-hydrogen) atoms. The van der Waals surface area contributed by atoms with Crippen LogP contribution in [0.15, 0.2) is 0 Å². The molecule has 1 rings (SSSR count). The Morgan fingerprint density at radius 1 is 1.56 bits per heavy atom. The molecule has 1 heterocycles. The van der Waals surface area contributed by atoms with Crippen LogP contribution in [-0.2, 0) is 4.74 Å². The van der Waals surface area contributed by atoms with Crippen molar-refractivity contribution in [3.8, 4) is 0 Å². The van der Waals surface area contributed by atoms with E-state index in [1.165, 1.54) is 0 Å². The average Bonchev–Trinajstić information content (AvgIpc) is 2.74. The van der Waals surface area contributed by atoms with E-state index < -0.39 is 30.9 Å². The van der Waals surface area contributed by atoms with E-state index in [0.717, 1.165) is 4.90 Å². The van der Waals surface area contributed by atoms with Gasteiger partial charge < -0.3 is 15.4 Å². The van der Waals surface area contributed by atoms with Gasteiger partial charge in [-0.05, 0) is 66.2 Å². The van der Waals surface area contributed by atoms with Gasteiger partial charge in [0.2, 0.25) is 0 Å². The number of rotatable bonds is 3. The molecular weight excluding hydrogens is 228 g/mol. The van der Waals surface area contributed by atoms with Crippen LogP contribution in [0.25, 0.3) is 0 Å². The Morgan fingerprint density at radius 2 is 2.22 bits per heavy atom. The molecule has 0 bridgehead atoms. The summed E-state index contributed by atoms with van der Waals surface area (Å²) in [5.74, 6) is -0.234. The molecule has 0 spiro atoms. The van der Waals surface area contributed by atoms with E-state index in [2.05, 4.69) is 0 Å². The lowest BCUT2D eigenvalue weighted by molar-refractivity contribution is 0.0131. The Kier molecular flexibility index (Phi) is 2.56. The smallest absolute Gasteiger partial charge is 0.410 e. The molecule has 106 valence electrons. The Bertz CT molecular complexity index is 442. The van der Waals surface area contributed by atoms with Crippen LogP contribution < -0.4 is 5.73 Å². The van der Waals surface area contributed by atoms with E-state index in [-0.39, 0.29) is 18.9 Å². The molecule has 0 aromatic carbocycles. The topological polar surface area (TPSA) is 55.6 Å². The molecule has 0 radical (unpaired) electrons. The first-order valence-corrected chi connectivity index (χ1v) is 6.36. The predicted molar refractivity (Wildman–Crippen MR) is 73.4 cm³/mol. The van der Waals surface area contributed by atoms with E-state index in [9.17, 15) is 4.79 Å². The highest BCUT2D eigenvalue weighted by Gasteiger charge is 2.42. The van der Waals surface area contributed by atoms with Crippen LogP contribution in [0, 0.1) is 5.92 Å². The normalized spacial score (nSPS) is 29.6. The molecule has 4 heteroatoms. The molecule has 0 aromatic heterocycles. The number of amides is 1. The van der Waals surface area contributed by atoms with Crippen molar-refractivity contribution in [1.82, 2.24) is 4.90 Å². The third-order valence-electron chi connectivity index (χ3n) is 2.92. The summed E-state index contributed by atoms with van der Waals surface area (Å²) in [7, 11) is 0. The zero-order valence-electron chi connectivity index (χ0n) is 17.5. The summed E-state index contributed by atoms with van der Waals surface area (Å²) in [6, 6.07) is 0. The number of hydrogen-bond acceptors (Lipinski definition) is 3. The van der Waals surface area contributed by atoms with Crippen molar-refractivity contribution in [3.63, 3.8) is 0 Å². The zero-order valence-corrected chi connectivity index (χ0v) is 11.5. The molecular formula is C14H28N2O2. The third-order valence-corrected chi connectivity index (χ3v) is 2.92. The van der Waals surface area contributed by atoms with Crippen molar-refractivity contribution in [2.24, 2.45) is 11.7 Å². The number of carbonyl (C=O) groups is 1. The van der Waals surface area contributed by atoms with Crippen molar-refractivity contribution >= 4 is 6.09 Å². The van der Waals surface area contributed by atoms with Crippen LogP contribution in [0.1, 0.15) is 62.0 Å².